The van der Waals surface area contributed by atoms with Crippen molar-refractivity contribution in [3.63, 3.8) is 0 Å². The maximum Gasteiger partial charge on any atom is 0.287 e. The molecule has 0 saturated carbocycles. The van der Waals surface area contributed by atoms with Crippen LogP contribution in [-0.4, -0.2) is 21.8 Å². The number of hydrogen-bond acceptors (Lipinski definition) is 3. The van der Waals surface area contributed by atoms with Crippen LogP contribution in [0.5, 0.6) is 5.75 Å². The number of ether oxygens (including phenoxy) is 1. The third-order valence-corrected chi connectivity index (χ3v) is 2.87. The molecule has 0 radical (unpaired) electrons. The first-order chi connectivity index (χ1) is 8.18. The number of nitrogens with zero attached hydrogens (tertiary/aromatic N) is 2. The van der Waals surface area contributed by atoms with E-state index in [1.54, 1.807) is 31.5 Å². The standard InChI is InChI=1S/C12H11BrN2O2/c1-9(12(16)15-8-4-7-14-15)17-11-6-3-2-5-10(11)13/h2-9H,1H3/t9-/m1/s1. The van der Waals surface area contributed by atoms with E-state index in [0.717, 1.165) is 4.47 Å². The van der Waals surface area contributed by atoms with E-state index in [-0.39, 0.29) is 5.91 Å². The largest absolute Gasteiger partial charge is 0.480 e. The fraction of sp³-hybridized carbons (Fsp3) is 0.167. The summed E-state index contributed by atoms with van der Waals surface area (Å²) in [5.41, 5.74) is 0. The van der Waals surface area contributed by atoms with Crippen molar-refractivity contribution in [1.29, 1.82) is 0 Å². The molecule has 88 valence electrons. The average Bonchev–Trinajstić information content (AvgIpc) is 2.84. The van der Waals surface area contributed by atoms with E-state index < -0.39 is 6.10 Å². The molecule has 0 N–H and O–H groups in total. The van der Waals surface area contributed by atoms with E-state index in [2.05, 4.69) is 21.0 Å². The molecule has 1 atom stereocenters. The number of halogens is 1. The summed E-state index contributed by atoms with van der Waals surface area (Å²) in [5, 5.41) is 3.88. The van der Waals surface area contributed by atoms with Crippen LogP contribution in [0.25, 0.3) is 0 Å². The minimum absolute atomic E-state index is 0.203. The fourth-order valence-corrected chi connectivity index (χ4v) is 1.74. The van der Waals surface area contributed by atoms with Gasteiger partial charge in [-0.05, 0) is 41.1 Å². The van der Waals surface area contributed by atoms with Gasteiger partial charge in [0.25, 0.3) is 5.91 Å². The van der Waals surface area contributed by atoms with Gasteiger partial charge >= 0.3 is 0 Å². The van der Waals surface area contributed by atoms with E-state index in [4.69, 9.17) is 4.74 Å². The summed E-state index contributed by atoms with van der Waals surface area (Å²) in [6.07, 6.45) is 2.57. The summed E-state index contributed by atoms with van der Waals surface area (Å²) >= 11 is 3.36. The molecule has 5 heteroatoms. The van der Waals surface area contributed by atoms with E-state index in [9.17, 15) is 4.79 Å². The second-order valence-corrected chi connectivity index (χ2v) is 4.33. The lowest BCUT2D eigenvalue weighted by atomic mass is 10.3. The summed E-state index contributed by atoms with van der Waals surface area (Å²) in [6.45, 7) is 1.70. The average molecular weight is 295 g/mol. The second-order valence-electron chi connectivity index (χ2n) is 3.48. The van der Waals surface area contributed by atoms with Crippen molar-refractivity contribution in [2.45, 2.75) is 13.0 Å². The zero-order valence-corrected chi connectivity index (χ0v) is 10.8. The highest BCUT2D eigenvalue weighted by molar-refractivity contribution is 9.10. The molecule has 0 saturated heterocycles. The molecule has 1 heterocycles. The molecule has 0 aliphatic rings. The van der Waals surface area contributed by atoms with Crippen LogP contribution < -0.4 is 4.74 Å². The first-order valence-electron chi connectivity index (χ1n) is 5.13. The third-order valence-electron chi connectivity index (χ3n) is 2.22. The molecular formula is C12H11BrN2O2. The van der Waals surface area contributed by atoms with Gasteiger partial charge in [0.2, 0.25) is 0 Å². The monoisotopic (exact) mass is 294 g/mol. The van der Waals surface area contributed by atoms with Gasteiger partial charge < -0.3 is 4.74 Å². The SMILES string of the molecule is C[C@@H](Oc1ccccc1Br)C(=O)n1cccn1. The first kappa shape index (κ1) is 11.9. The zero-order valence-electron chi connectivity index (χ0n) is 9.21. The van der Waals surface area contributed by atoms with Gasteiger partial charge in [-0.15, -0.1) is 0 Å². The minimum Gasteiger partial charge on any atom is -0.480 e. The van der Waals surface area contributed by atoms with Crippen molar-refractivity contribution in [3.05, 3.63) is 47.2 Å². The summed E-state index contributed by atoms with van der Waals surface area (Å²) in [6, 6.07) is 9.10. The topological polar surface area (TPSA) is 44.1 Å². The van der Waals surface area contributed by atoms with Crippen LogP contribution in [0.3, 0.4) is 0 Å². The van der Waals surface area contributed by atoms with Gasteiger partial charge in [0, 0.05) is 12.4 Å². The van der Waals surface area contributed by atoms with Crippen molar-refractivity contribution >= 4 is 21.8 Å². The molecule has 0 bridgehead atoms. The fourth-order valence-electron chi connectivity index (χ4n) is 1.37. The van der Waals surface area contributed by atoms with Gasteiger partial charge in [0.05, 0.1) is 4.47 Å². The molecular weight excluding hydrogens is 284 g/mol. The van der Waals surface area contributed by atoms with Crippen molar-refractivity contribution in [2.75, 3.05) is 0 Å². The second kappa shape index (κ2) is 5.14. The van der Waals surface area contributed by atoms with Crippen LogP contribution in [0.4, 0.5) is 0 Å². The number of hydrogen-bond donors (Lipinski definition) is 0. The Balaban J connectivity index is 2.10. The van der Waals surface area contributed by atoms with E-state index in [1.165, 1.54) is 4.68 Å². The Labute approximate surface area is 107 Å². The van der Waals surface area contributed by atoms with E-state index in [0.29, 0.717) is 5.75 Å². The van der Waals surface area contributed by atoms with Crippen LogP contribution in [-0.2, 0) is 0 Å². The summed E-state index contributed by atoms with van der Waals surface area (Å²) in [5.74, 6) is 0.436. The number of benzene rings is 1. The molecule has 0 spiro atoms. The molecule has 2 rings (SSSR count). The quantitative estimate of drug-likeness (QED) is 0.874. The maximum absolute atomic E-state index is 11.9. The highest BCUT2D eigenvalue weighted by atomic mass is 79.9. The normalized spacial score (nSPS) is 12.1. The van der Waals surface area contributed by atoms with Gasteiger partial charge in [0.1, 0.15) is 5.75 Å². The predicted molar refractivity (Wildman–Crippen MR) is 67.1 cm³/mol. The zero-order chi connectivity index (χ0) is 12.3. The summed E-state index contributed by atoms with van der Waals surface area (Å²) in [7, 11) is 0. The molecule has 0 amide bonds. The number of rotatable bonds is 3. The van der Waals surface area contributed by atoms with Crippen LogP contribution >= 0.6 is 15.9 Å². The van der Waals surface area contributed by atoms with Crippen LogP contribution in [0.1, 0.15) is 11.7 Å². The van der Waals surface area contributed by atoms with Gasteiger partial charge in [-0.2, -0.15) is 5.10 Å². The number of carbonyl (C=O) groups excluding carboxylic acids is 1. The lowest BCUT2D eigenvalue weighted by Crippen LogP contribution is -2.29. The minimum atomic E-state index is -0.589. The Bertz CT molecular complexity index is 511. The van der Waals surface area contributed by atoms with Crippen LogP contribution in [0.2, 0.25) is 0 Å². The molecule has 0 fully saturated rings. The maximum atomic E-state index is 11.9. The third kappa shape index (κ3) is 2.74. The molecule has 17 heavy (non-hydrogen) atoms. The smallest absolute Gasteiger partial charge is 0.287 e. The van der Waals surface area contributed by atoms with Gasteiger partial charge in [0.15, 0.2) is 6.10 Å². The van der Waals surface area contributed by atoms with E-state index >= 15 is 0 Å². The van der Waals surface area contributed by atoms with Crippen molar-refractivity contribution in [1.82, 2.24) is 9.78 Å². The Morgan fingerprint density at radius 2 is 2.18 bits per heavy atom. The Hall–Kier alpha value is -1.62. The summed E-state index contributed by atoms with van der Waals surface area (Å²) in [4.78, 5) is 11.9. The molecule has 0 unspecified atom stereocenters. The molecule has 4 nitrogen and oxygen atoms in total. The molecule has 0 aliphatic carbocycles. The predicted octanol–water partition coefficient (Wildman–Crippen LogP) is 2.75. The van der Waals surface area contributed by atoms with Crippen molar-refractivity contribution in [2.24, 2.45) is 0 Å². The lowest BCUT2D eigenvalue weighted by molar-refractivity contribution is 0.0709. The van der Waals surface area contributed by atoms with Crippen molar-refractivity contribution in [3.8, 4) is 5.75 Å². The lowest BCUT2D eigenvalue weighted by Gasteiger charge is -2.14. The van der Waals surface area contributed by atoms with Gasteiger partial charge in [-0.1, -0.05) is 12.1 Å². The van der Waals surface area contributed by atoms with Crippen molar-refractivity contribution < 1.29 is 9.53 Å². The molecule has 1 aromatic heterocycles. The van der Waals surface area contributed by atoms with Gasteiger partial charge in [-0.25, -0.2) is 4.68 Å². The number of para-hydroxylation sites is 1. The number of aromatic nitrogens is 2. The Morgan fingerprint density at radius 1 is 1.41 bits per heavy atom. The van der Waals surface area contributed by atoms with Crippen LogP contribution in [0.15, 0.2) is 47.2 Å². The molecule has 0 aliphatic heterocycles. The Morgan fingerprint density at radius 3 is 2.82 bits per heavy atom. The van der Waals surface area contributed by atoms with Crippen LogP contribution in [0, 0.1) is 0 Å². The highest BCUT2D eigenvalue weighted by Crippen LogP contribution is 2.24. The first-order valence-corrected chi connectivity index (χ1v) is 5.93. The highest BCUT2D eigenvalue weighted by Gasteiger charge is 2.17. The van der Waals surface area contributed by atoms with E-state index in [1.807, 2.05) is 18.2 Å². The number of carbonyl (C=O) groups is 1. The van der Waals surface area contributed by atoms with Gasteiger partial charge in [-0.3, -0.25) is 4.79 Å². The molecule has 1 aromatic carbocycles. The molecule has 2 aromatic rings. The Kier molecular flexibility index (Phi) is 3.58. The summed E-state index contributed by atoms with van der Waals surface area (Å²) < 4.78 is 7.66.